The lowest BCUT2D eigenvalue weighted by atomic mass is 9.85. The summed E-state index contributed by atoms with van der Waals surface area (Å²) in [5, 5.41) is 2.56. The molecule has 4 atom stereocenters. The topological polar surface area (TPSA) is 136 Å². The molecule has 0 unspecified atom stereocenters. The first kappa shape index (κ1) is 21.2. The number of amides is 4. The summed E-state index contributed by atoms with van der Waals surface area (Å²) in [6.07, 6.45) is 3.51. The van der Waals surface area contributed by atoms with Gasteiger partial charge in [-0.3, -0.25) is 24.1 Å². The molecular formula is C21H23N3O6. The molecule has 30 heavy (non-hydrogen) atoms. The fourth-order valence-corrected chi connectivity index (χ4v) is 3.60. The molecule has 9 nitrogen and oxygen atoms in total. The summed E-state index contributed by atoms with van der Waals surface area (Å²) in [6, 6.07) is 4.77. The van der Waals surface area contributed by atoms with Gasteiger partial charge in [-0.25, -0.2) is 4.79 Å². The first-order chi connectivity index (χ1) is 14.2. The quantitative estimate of drug-likeness (QED) is 0.406. The van der Waals surface area contributed by atoms with Crippen LogP contribution in [0.3, 0.4) is 0 Å². The van der Waals surface area contributed by atoms with Crippen LogP contribution in [0.15, 0.2) is 36.4 Å². The van der Waals surface area contributed by atoms with Crippen molar-refractivity contribution in [3.8, 4) is 0 Å². The monoisotopic (exact) mass is 413 g/mol. The van der Waals surface area contributed by atoms with Crippen LogP contribution < -0.4 is 11.1 Å². The zero-order valence-corrected chi connectivity index (χ0v) is 16.7. The van der Waals surface area contributed by atoms with Gasteiger partial charge in [-0.2, -0.15) is 0 Å². The Kier molecular flexibility index (Phi) is 6.00. The van der Waals surface area contributed by atoms with Gasteiger partial charge < -0.3 is 15.8 Å². The minimum absolute atomic E-state index is 0.289. The molecule has 0 bridgehead atoms. The second kappa shape index (κ2) is 8.48. The largest absolute Gasteiger partial charge is 0.451 e. The summed E-state index contributed by atoms with van der Waals surface area (Å²) >= 11 is 0. The molecule has 1 aliphatic carbocycles. The minimum atomic E-state index is -1.16. The van der Waals surface area contributed by atoms with Crippen molar-refractivity contribution in [2.24, 2.45) is 17.6 Å². The average molecular weight is 413 g/mol. The summed E-state index contributed by atoms with van der Waals surface area (Å²) in [5.41, 5.74) is 5.85. The third kappa shape index (κ3) is 4.10. The Morgan fingerprint density at radius 3 is 2.07 bits per heavy atom. The number of primary amides is 1. The number of esters is 1. The molecule has 3 rings (SSSR count). The normalized spacial score (nSPS) is 22.3. The van der Waals surface area contributed by atoms with Crippen LogP contribution in [0.25, 0.3) is 0 Å². The molecular weight excluding hydrogens is 390 g/mol. The number of nitrogens with one attached hydrogen (secondary N) is 1. The van der Waals surface area contributed by atoms with Crippen molar-refractivity contribution in [1.29, 1.82) is 0 Å². The van der Waals surface area contributed by atoms with Gasteiger partial charge in [-0.05, 0) is 51.0 Å². The summed E-state index contributed by atoms with van der Waals surface area (Å²) in [5.74, 6) is -3.68. The fourth-order valence-electron chi connectivity index (χ4n) is 3.60. The van der Waals surface area contributed by atoms with Crippen LogP contribution >= 0.6 is 0 Å². The van der Waals surface area contributed by atoms with E-state index >= 15 is 0 Å². The zero-order valence-electron chi connectivity index (χ0n) is 16.7. The number of anilines is 1. The smallest absolute Gasteiger partial charge is 0.329 e. The molecule has 1 aromatic carbocycles. The van der Waals surface area contributed by atoms with Crippen molar-refractivity contribution in [2.45, 2.75) is 38.8 Å². The maximum absolute atomic E-state index is 12.6. The lowest BCUT2D eigenvalue weighted by Gasteiger charge is -2.23. The van der Waals surface area contributed by atoms with Crippen molar-refractivity contribution in [3.63, 3.8) is 0 Å². The van der Waals surface area contributed by atoms with Crippen LogP contribution in [-0.4, -0.2) is 46.6 Å². The van der Waals surface area contributed by atoms with Gasteiger partial charge in [-0.15, -0.1) is 0 Å². The molecule has 1 aliphatic heterocycles. The molecule has 0 radical (unpaired) electrons. The van der Waals surface area contributed by atoms with Crippen LogP contribution in [-0.2, 0) is 23.9 Å². The van der Waals surface area contributed by atoms with E-state index in [0.29, 0.717) is 18.5 Å². The van der Waals surface area contributed by atoms with Gasteiger partial charge in [0.05, 0.1) is 11.8 Å². The third-order valence-corrected chi connectivity index (χ3v) is 5.37. The van der Waals surface area contributed by atoms with E-state index < -0.39 is 41.8 Å². The molecule has 4 amide bonds. The molecule has 2 aliphatic rings. The molecule has 0 spiro atoms. The van der Waals surface area contributed by atoms with Gasteiger partial charge in [-0.1, -0.05) is 12.2 Å². The van der Waals surface area contributed by atoms with Gasteiger partial charge in [0.2, 0.25) is 17.7 Å². The number of nitrogens with zero attached hydrogens (tertiary/aromatic N) is 1. The lowest BCUT2D eigenvalue weighted by Crippen LogP contribution is -2.46. The predicted molar refractivity (Wildman–Crippen MR) is 106 cm³/mol. The number of nitrogens with two attached hydrogens (primary N) is 1. The average Bonchev–Trinajstić information content (AvgIpc) is 2.98. The first-order valence-corrected chi connectivity index (χ1v) is 9.63. The van der Waals surface area contributed by atoms with E-state index in [1.54, 1.807) is 0 Å². The number of hydrogen-bond donors (Lipinski definition) is 2. The minimum Gasteiger partial charge on any atom is -0.451 e. The van der Waals surface area contributed by atoms with Gasteiger partial charge >= 0.3 is 5.97 Å². The number of benzene rings is 1. The molecule has 1 saturated heterocycles. The maximum Gasteiger partial charge on any atom is 0.329 e. The molecule has 1 aromatic rings. The van der Waals surface area contributed by atoms with E-state index in [4.69, 9.17) is 10.5 Å². The molecule has 1 fully saturated rings. The summed E-state index contributed by atoms with van der Waals surface area (Å²) in [6.45, 7) is 2.80. The SMILES string of the molecule is C[C@H](OC(=O)[C@H](C)N1C(=O)[C@H]2CC=CC[C@H]2C1=O)C(=O)Nc1ccc(C(N)=O)cc1. The van der Waals surface area contributed by atoms with Crippen molar-refractivity contribution in [3.05, 3.63) is 42.0 Å². The van der Waals surface area contributed by atoms with E-state index in [1.807, 2.05) is 12.2 Å². The van der Waals surface area contributed by atoms with Crippen LogP contribution in [0.1, 0.15) is 37.0 Å². The highest BCUT2D eigenvalue weighted by molar-refractivity contribution is 6.08. The number of carbonyl (C=O) groups is 5. The molecule has 1 heterocycles. The standard InChI is InChI=1S/C21H23N3O6/c1-11(24-19(27)15-5-3-4-6-16(15)20(24)28)21(29)30-12(2)18(26)23-14-9-7-13(8-10-14)17(22)25/h3-4,7-12,15-16H,5-6H2,1-2H3,(H2,22,25)(H,23,26)/t11-,12-,15-,16+/m0/s1. The third-order valence-electron chi connectivity index (χ3n) is 5.37. The highest BCUT2D eigenvalue weighted by Gasteiger charge is 2.50. The van der Waals surface area contributed by atoms with E-state index in [9.17, 15) is 24.0 Å². The Morgan fingerprint density at radius 1 is 1.03 bits per heavy atom. The number of fused-ring (bicyclic) bond motifs is 1. The molecule has 9 heteroatoms. The molecule has 0 aromatic heterocycles. The predicted octanol–water partition coefficient (Wildman–Crippen LogP) is 0.995. The Labute approximate surface area is 173 Å². The van der Waals surface area contributed by atoms with Gasteiger partial charge in [0.1, 0.15) is 6.04 Å². The second-order valence-electron chi connectivity index (χ2n) is 7.39. The van der Waals surface area contributed by atoms with E-state index in [1.165, 1.54) is 38.1 Å². The van der Waals surface area contributed by atoms with Gasteiger partial charge in [0, 0.05) is 11.3 Å². The van der Waals surface area contributed by atoms with Crippen LogP contribution in [0.4, 0.5) is 5.69 Å². The summed E-state index contributed by atoms with van der Waals surface area (Å²) in [4.78, 5) is 62.0. The van der Waals surface area contributed by atoms with Crippen LogP contribution in [0.5, 0.6) is 0 Å². The van der Waals surface area contributed by atoms with Crippen molar-refractivity contribution >= 4 is 35.3 Å². The first-order valence-electron chi connectivity index (χ1n) is 9.63. The number of imide groups is 1. The molecule has 158 valence electrons. The van der Waals surface area contributed by atoms with Crippen molar-refractivity contribution in [2.75, 3.05) is 5.32 Å². The van der Waals surface area contributed by atoms with Crippen LogP contribution in [0.2, 0.25) is 0 Å². The Bertz CT molecular complexity index is 897. The van der Waals surface area contributed by atoms with Gasteiger partial charge in [0.15, 0.2) is 6.10 Å². The Morgan fingerprint density at radius 2 is 1.57 bits per heavy atom. The zero-order chi connectivity index (χ0) is 22.0. The second-order valence-corrected chi connectivity index (χ2v) is 7.39. The lowest BCUT2D eigenvalue weighted by molar-refractivity contribution is -0.163. The molecule has 0 saturated carbocycles. The highest BCUT2D eigenvalue weighted by atomic mass is 16.5. The van der Waals surface area contributed by atoms with E-state index in [-0.39, 0.29) is 17.4 Å². The molecule has 3 N–H and O–H groups in total. The number of hydrogen-bond acceptors (Lipinski definition) is 6. The Balaban J connectivity index is 1.59. The van der Waals surface area contributed by atoms with Gasteiger partial charge in [0.25, 0.3) is 5.91 Å². The van der Waals surface area contributed by atoms with Crippen molar-refractivity contribution in [1.82, 2.24) is 4.90 Å². The highest BCUT2D eigenvalue weighted by Crippen LogP contribution is 2.36. The fraction of sp³-hybridized carbons (Fsp3) is 0.381. The number of rotatable bonds is 6. The van der Waals surface area contributed by atoms with Crippen LogP contribution in [0, 0.1) is 11.8 Å². The number of ether oxygens (including phenoxy) is 1. The number of allylic oxidation sites excluding steroid dienone is 2. The summed E-state index contributed by atoms with van der Waals surface area (Å²) < 4.78 is 5.18. The number of carbonyl (C=O) groups excluding carboxylic acids is 5. The van der Waals surface area contributed by atoms with Crippen molar-refractivity contribution < 1.29 is 28.7 Å². The Hall–Kier alpha value is -3.49. The van der Waals surface area contributed by atoms with E-state index in [2.05, 4.69) is 5.32 Å². The van der Waals surface area contributed by atoms with E-state index in [0.717, 1.165) is 4.90 Å². The number of likely N-dealkylation sites (tertiary alicyclic amines) is 1. The summed E-state index contributed by atoms with van der Waals surface area (Å²) in [7, 11) is 0. The maximum atomic E-state index is 12.6.